The molecule has 5 rings (SSSR count). The van der Waals surface area contributed by atoms with E-state index in [0.29, 0.717) is 5.39 Å². The molecule has 2 aromatic carbocycles. The van der Waals surface area contributed by atoms with Crippen molar-refractivity contribution in [2.24, 2.45) is 0 Å². The van der Waals surface area contributed by atoms with Gasteiger partial charge in [-0.1, -0.05) is 35.9 Å². The van der Waals surface area contributed by atoms with E-state index in [-0.39, 0.29) is 5.56 Å². The highest BCUT2D eigenvalue weighted by atomic mass is 35.5. The molecule has 4 aromatic rings. The van der Waals surface area contributed by atoms with Crippen molar-refractivity contribution in [3.8, 4) is 0 Å². The second kappa shape index (κ2) is 7.20. The third-order valence-corrected chi connectivity index (χ3v) is 6.48. The van der Waals surface area contributed by atoms with Gasteiger partial charge in [0.2, 0.25) is 0 Å². The molecule has 5 nitrogen and oxygen atoms in total. The van der Waals surface area contributed by atoms with Gasteiger partial charge < -0.3 is 4.90 Å². The lowest BCUT2D eigenvalue weighted by atomic mass is 10.2. The molecule has 7 heteroatoms. The minimum atomic E-state index is 0.0200. The maximum absolute atomic E-state index is 13.0. The molecule has 0 radical (unpaired) electrons. The van der Waals surface area contributed by atoms with Crippen LogP contribution in [0.1, 0.15) is 5.69 Å². The molecule has 3 heterocycles. The number of halogens is 1. The topological polar surface area (TPSA) is 40.9 Å². The molecule has 0 amide bonds. The highest BCUT2D eigenvalue weighted by Crippen LogP contribution is 2.26. The van der Waals surface area contributed by atoms with Crippen LogP contribution in [-0.2, 0) is 6.54 Å². The van der Waals surface area contributed by atoms with E-state index in [2.05, 4.69) is 26.2 Å². The van der Waals surface area contributed by atoms with Gasteiger partial charge in [-0.3, -0.25) is 14.1 Å². The first-order chi connectivity index (χ1) is 13.7. The molecule has 2 aromatic heterocycles. The van der Waals surface area contributed by atoms with E-state index in [1.54, 1.807) is 4.40 Å². The van der Waals surface area contributed by atoms with Crippen LogP contribution >= 0.6 is 22.9 Å². The zero-order valence-electron chi connectivity index (χ0n) is 15.2. The van der Waals surface area contributed by atoms with Crippen LogP contribution < -0.4 is 10.5 Å². The number of hydrogen-bond acceptors (Lipinski definition) is 5. The Labute approximate surface area is 171 Å². The Bertz CT molecular complexity index is 1210. The number of aromatic nitrogens is 2. The third kappa shape index (κ3) is 3.07. The lowest BCUT2D eigenvalue weighted by Crippen LogP contribution is -2.46. The van der Waals surface area contributed by atoms with Crippen molar-refractivity contribution in [2.75, 3.05) is 31.1 Å². The largest absolute Gasteiger partial charge is 0.368 e. The number of hydrogen-bond donors (Lipinski definition) is 0. The van der Waals surface area contributed by atoms with Crippen LogP contribution in [0.15, 0.2) is 58.7 Å². The van der Waals surface area contributed by atoms with Gasteiger partial charge in [0, 0.05) is 38.1 Å². The summed E-state index contributed by atoms with van der Waals surface area (Å²) in [4.78, 5) is 23.1. The zero-order valence-corrected chi connectivity index (χ0v) is 16.8. The molecule has 28 heavy (non-hydrogen) atoms. The zero-order chi connectivity index (χ0) is 19.1. The predicted octanol–water partition coefficient (Wildman–Crippen LogP) is 3.88. The number of para-hydroxylation sites is 2. The smallest absolute Gasteiger partial charge is 0.266 e. The normalized spacial score (nSPS) is 15.5. The van der Waals surface area contributed by atoms with Gasteiger partial charge in [-0.05, 0) is 24.3 Å². The monoisotopic (exact) mass is 410 g/mol. The first-order valence-electron chi connectivity index (χ1n) is 9.30. The molecule has 0 unspecified atom stereocenters. The number of benzene rings is 2. The van der Waals surface area contributed by atoms with Crippen LogP contribution in [-0.4, -0.2) is 40.5 Å². The van der Waals surface area contributed by atoms with Crippen molar-refractivity contribution >= 4 is 44.5 Å². The number of anilines is 1. The molecule has 0 N–H and O–H groups in total. The molecular weight excluding hydrogens is 392 g/mol. The molecule has 1 fully saturated rings. The van der Waals surface area contributed by atoms with Crippen molar-refractivity contribution < 1.29 is 0 Å². The van der Waals surface area contributed by atoms with Crippen LogP contribution in [0, 0.1) is 0 Å². The second-order valence-corrected chi connectivity index (χ2v) is 8.24. The van der Waals surface area contributed by atoms with Gasteiger partial charge in [0.1, 0.15) is 0 Å². The average molecular weight is 411 g/mol. The summed E-state index contributed by atoms with van der Waals surface area (Å²) in [6.45, 7) is 4.44. The Hall–Kier alpha value is -2.41. The fourth-order valence-electron chi connectivity index (χ4n) is 3.81. The Kier molecular flexibility index (Phi) is 4.55. The van der Waals surface area contributed by atoms with Crippen LogP contribution in [0.3, 0.4) is 0 Å². The van der Waals surface area contributed by atoms with Crippen LogP contribution in [0.25, 0.3) is 15.9 Å². The van der Waals surface area contributed by atoms with Crippen molar-refractivity contribution in [2.45, 2.75) is 6.54 Å². The van der Waals surface area contributed by atoms with Gasteiger partial charge in [0.15, 0.2) is 4.96 Å². The quantitative estimate of drug-likeness (QED) is 0.514. The molecule has 1 aliphatic rings. The summed E-state index contributed by atoms with van der Waals surface area (Å²) in [5, 5.41) is 3.52. The molecule has 0 atom stereocenters. The molecule has 1 saturated heterocycles. The Balaban J connectivity index is 1.38. The maximum atomic E-state index is 13.0. The molecule has 0 bridgehead atoms. The minimum Gasteiger partial charge on any atom is -0.368 e. The number of rotatable bonds is 3. The van der Waals surface area contributed by atoms with Crippen molar-refractivity contribution in [1.29, 1.82) is 0 Å². The summed E-state index contributed by atoms with van der Waals surface area (Å²) in [5.41, 5.74) is 2.88. The van der Waals surface area contributed by atoms with Crippen LogP contribution in [0.2, 0.25) is 5.02 Å². The first-order valence-corrected chi connectivity index (χ1v) is 10.6. The SMILES string of the molecule is O=c1c2ccccc2nc2scc(CN3CCN(c4ccccc4Cl)CC3)n12. The van der Waals surface area contributed by atoms with E-state index in [1.807, 2.05) is 42.5 Å². The number of fused-ring (bicyclic) bond motifs is 2. The Morgan fingerprint density at radius 2 is 1.75 bits per heavy atom. The molecule has 0 aliphatic carbocycles. The summed E-state index contributed by atoms with van der Waals surface area (Å²) in [6, 6.07) is 15.5. The van der Waals surface area contributed by atoms with Gasteiger partial charge >= 0.3 is 0 Å². The molecule has 1 aliphatic heterocycles. The van der Waals surface area contributed by atoms with Gasteiger partial charge in [-0.25, -0.2) is 4.98 Å². The van der Waals surface area contributed by atoms with Crippen LogP contribution in [0.5, 0.6) is 0 Å². The lowest BCUT2D eigenvalue weighted by molar-refractivity contribution is 0.246. The van der Waals surface area contributed by atoms with E-state index >= 15 is 0 Å². The Morgan fingerprint density at radius 1 is 1.00 bits per heavy atom. The molecule has 0 spiro atoms. The molecular formula is C21H19ClN4OS. The van der Waals surface area contributed by atoms with Crippen molar-refractivity contribution in [3.63, 3.8) is 0 Å². The third-order valence-electron chi connectivity index (χ3n) is 5.28. The highest BCUT2D eigenvalue weighted by Gasteiger charge is 2.20. The summed E-state index contributed by atoms with van der Waals surface area (Å²) in [7, 11) is 0. The summed E-state index contributed by atoms with van der Waals surface area (Å²) < 4.78 is 1.77. The summed E-state index contributed by atoms with van der Waals surface area (Å²) in [5.74, 6) is 0. The summed E-state index contributed by atoms with van der Waals surface area (Å²) >= 11 is 7.87. The molecule has 0 saturated carbocycles. The Morgan fingerprint density at radius 3 is 2.57 bits per heavy atom. The summed E-state index contributed by atoms with van der Waals surface area (Å²) in [6.07, 6.45) is 0. The van der Waals surface area contributed by atoms with E-state index < -0.39 is 0 Å². The van der Waals surface area contributed by atoms with Gasteiger partial charge in [0.25, 0.3) is 5.56 Å². The van der Waals surface area contributed by atoms with Crippen LogP contribution in [0.4, 0.5) is 5.69 Å². The van der Waals surface area contributed by atoms with Gasteiger partial charge in [0.05, 0.1) is 27.3 Å². The van der Waals surface area contributed by atoms with E-state index in [4.69, 9.17) is 11.6 Å². The number of thiazole rings is 1. The van der Waals surface area contributed by atoms with E-state index in [0.717, 1.165) is 59.6 Å². The fraction of sp³-hybridized carbons (Fsp3) is 0.238. The average Bonchev–Trinajstić information content (AvgIpc) is 3.12. The standard InChI is InChI=1S/C21H19ClN4OS/c22-17-6-2-4-8-19(17)25-11-9-24(10-12-25)13-15-14-28-21-23-18-7-3-1-5-16(18)20(27)26(15)21/h1-8,14H,9-13H2. The first kappa shape index (κ1) is 17.7. The van der Waals surface area contributed by atoms with Gasteiger partial charge in [-0.15, -0.1) is 11.3 Å². The highest BCUT2D eigenvalue weighted by molar-refractivity contribution is 7.15. The second-order valence-electron chi connectivity index (χ2n) is 6.99. The molecule has 142 valence electrons. The lowest BCUT2D eigenvalue weighted by Gasteiger charge is -2.36. The maximum Gasteiger partial charge on any atom is 0.266 e. The number of piperazine rings is 1. The van der Waals surface area contributed by atoms with E-state index in [1.165, 1.54) is 11.3 Å². The van der Waals surface area contributed by atoms with E-state index in [9.17, 15) is 4.79 Å². The minimum absolute atomic E-state index is 0.0200. The van der Waals surface area contributed by atoms with Gasteiger partial charge in [-0.2, -0.15) is 0 Å². The number of nitrogens with zero attached hydrogens (tertiary/aromatic N) is 4. The van der Waals surface area contributed by atoms with Crippen molar-refractivity contribution in [1.82, 2.24) is 14.3 Å². The fourth-order valence-corrected chi connectivity index (χ4v) is 4.94. The van der Waals surface area contributed by atoms with Crippen molar-refractivity contribution in [3.05, 3.63) is 75.0 Å². The predicted molar refractivity (Wildman–Crippen MR) is 116 cm³/mol.